The van der Waals surface area contributed by atoms with Gasteiger partial charge >= 0.3 is 0 Å². The summed E-state index contributed by atoms with van der Waals surface area (Å²) in [6.45, 7) is 10.5. The van der Waals surface area contributed by atoms with E-state index in [1.54, 1.807) is 0 Å². The summed E-state index contributed by atoms with van der Waals surface area (Å²) < 4.78 is 11.7. The van der Waals surface area contributed by atoms with E-state index in [1.165, 1.54) is 0 Å². The summed E-state index contributed by atoms with van der Waals surface area (Å²) in [6, 6.07) is 0. The van der Waals surface area contributed by atoms with Gasteiger partial charge in [-0.1, -0.05) is 6.92 Å². The molecule has 0 aromatic carbocycles. The molecule has 0 aromatic heterocycles. The van der Waals surface area contributed by atoms with Crippen molar-refractivity contribution in [2.45, 2.75) is 38.6 Å². The number of morpholine rings is 2. The summed E-state index contributed by atoms with van der Waals surface area (Å²) in [6.07, 6.45) is 2.26. The third kappa shape index (κ3) is 3.91. The molecule has 0 radical (unpaired) electrons. The molecule has 0 amide bonds. The summed E-state index contributed by atoms with van der Waals surface area (Å²) in [7, 11) is 2.19. The van der Waals surface area contributed by atoms with Crippen LogP contribution < -0.4 is 0 Å². The smallest absolute Gasteiger partial charge is 0.0832 e. The van der Waals surface area contributed by atoms with Crippen LogP contribution in [-0.4, -0.2) is 74.5 Å². The van der Waals surface area contributed by atoms with E-state index in [1.807, 2.05) is 0 Å². The maximum absolute atomic E-state index is 6.12. The Kier molecular flexibility index (Phi) is 4.79. The van der Waals surface area contributed by atoms with Crippen LogP contribution >= 0.6 is 0 Å². The quantitative estimate of drug-likeness (QED) is 0.731. The van der Waals surface area contributed by atoms with Crippen LogP contribution in [0, 0.1) is 0 Å². The minimum Gasteiger partial charge on any atom is -0.376 e. The first-order valence-electron chi connectivity index (χ1n) is 6.85. The fourth-order valence-electron chi connectivity index (χ4n) is 2.80. The topological polar surface area (TPSA) is 24.9 Å². The van der Waals surface area contributed by atoms with Gasteiger partial charge in [0.25, 0.3) is 0 Å². The van der Waals surface area contributed by atoms with Crippen molar-refractivity contribution in [3.8, 4) is 0 Å². The first-order valence-corrected chi connectivity index (χ1v) is 6.85. The van der Waals surface area contributed by atoms with E-state index in [9.17, 15) is 0 Å². The van der Waals surface area contributed by atoms with Crippen molar-refractivity contribution in [3.05, 3.63) is 0 Å². The molecule has 4 nitrogen and oxygen atoms in total. The molecule has 0 spiro atoms. The van der Waals surface area contributed by atoms with Crippen LogP contribution in [0.5, 0.6) is 0 Å². The second kappa shape index (κ2) is 6.14. The second-order valence-corrected chi connectivity index (χ2v) is 5.45. The molecule has 0 N–H and O–H groups in total. The van der Waals surface area contributed by atoms with Gasteiger partial charge in [0, 0.05) is 32.7 Å². The van der Waals surface area contributed by atoms with Gasteiger partial charge in [-0.2, -0.15) is 0 Å². The highest BCUT2D eigenvalue weighted by molar-refractivity contribution is 4.79. The molecule has 17 heavy (non-hydrogen) atoms. The number of hydrogen-bond donors (Lipinski definition) is 0. The Morgan fingerprint density at radius 1 is 1.18 bits per heavy atom. The number of rotatable bonds is 3. The molecule has 0 bridgehead atoms. The molecule has 100 valence electrons. The first kappa shape index (κ1) is 13.3. The van der Waals surface area contributed by atoms with Crippen molar-refractivity contribution in [2.75, 3.05) is 46.4 Å². The monoisotopic (exact) mass is 242 g/mol. The van der Waals surface area contributed by atoms with E-state index >= 15 is 0 Å². The maximum atomic E-state index is 6.12. The zero-order valence-electron chi connectivity index (χ0n) is 11.4. The van der Waals surface area contributed by atoms with Crippen LogP contribution in [-0.2, 0) is 9.47 Å². The van der Waals surface area contributed by atoms with E-state index in [-0.39, 0.29) is 0 Å². The van der Waals surface area contributed by atoms with Crippen molar-refractivity contribution in [1.82, 2.24) is 9.80 Å². The SMILES string of the molecule is CCC1CN(C)CC(CN2CCOC(C)C2)O1. The van der Waals surface area contributed by atoms with Crippen LogP contribution in [0.25, 0.3) is 0 Å². The average molecular weight is 242 g/mol. The van der Waals surface area contributed by atoms with Crippen molar-refractivity contribution in [3.63, 3.8) is 0 Å². The zero-order valence-corrected chi connectivity index (χ0v) is 11.4. The maximum Gasteiger partial charge on any atom is 0.0832 e. The molecule has 2 fully saturated rings. The van der Waals surface area contributed by atoms with Crippen LogP contribution in [0.4, 0.5) is 0 Å². The van der Waals surface area contributed by atoms with Crippen LogP contribution in [0.15, 0.2) is 0 Å². The Morgan fingerprint density at radius 2 is 1.94 bits per heavy atom. The fourth-order valence-corrected chi connectivity index (χ4v) is 2.80. The molecular weight excluding hydrogens is 216 g/mol. The first-order chi connectivity index (χ1) is 8.17. The molecule has 2 saturated heterocycles. The Hall–Kier alpha value is -0.160. The van der Waals surface area contributed by atoms with Crippen molar-refractivity contribution in [1.29, 1.82) is 0 Å². The van der Waals surface area contributed by atoms with Gasteiger partial charge in [-0.15, -0.1) is 0 Å². The van der Waals surface area contributed by atoms with Gasteiger partial charge in [0.2, 0.25) is 0 Å². The predicted molar refractivity (Wildman–Crippen MR) is 68.3 cm³/mol. The Labute approximate surface area is 105 Å². The van der Waals surface area contributed by atoms with E-state index in [0.717, 1.165) is 45.8 Å². The normalized spacial score (nSPS) is 37.2. The highest BCUT2D eigenvalue weighted by Crippen LogP contribution is 2.15. The van der Waals surface area contributed by atoms with Gasteiger partial charge in [0.15, 0.2) is 0 Å². The lowest BCUT2D eigenvalue weighted by atomic mass is 10.1. The molecule has 0 aromatic rings. The molecule has 0 aliphatic carbocycles. The standard InChI is InChI=1S/C13H26N2O2/c1-4-12-8-14(3)9-13(17-12)10-15-5-6-16-11(2)7-15/h11-13H,4-10H2,1-3H3. The Bertz CT molecular complexity index is 237. The minimum absolute atomic E-state index is 0.365. The van der Waals surface area contributed by atoms with Gasteiger partial charge in [-0.25, -0.2) is 0 Å². The lowest BCUT2D eigenvalue weighted by Crippen LogP contribution is -2.52. The lowest BCUT2D eigenvalue weighted by Gasteiger charge is -2.39. The lowest BCUT2D eigenvalue weighted by molar-refractivity contribution is -0.103. The predicted octanol–water partition coefficient (Wildman–Crippen LogP) is 0.816. The van der Waals surface area contributed by atoms with Gasteiger partial charge < -0.3 is 14.4 Å². The molecule has 2 rings (SSSR count). The zero-order chi connectivity index (χ0) is 12.3. The van der Waals surface area contributed by atoms with Gasteiger partial charge in [0.1, 0.15) is 0 Å². The van der Waals surface area contributed by atoms with Crippen LogP contribution in [0.3, 0.4) is 0 Å². The van der Waals surface area contributed by atoms with Crippen LogP contribution in [0.1, 0.15) is 20.3 Å². The fraction of sp³-hybridized carbons (Fsp3) is 1.00. The van der Waals surface area contributed by atoms with Crippen molar-refractivity contribution < 1.29 is 9.47 Å². The van der Waals surface area contributed by atoms with Crippen LogP contribution in [0.2, 0.25) is 0 Å². The van der Waals surface area contributed by atoms with E-state index in [4.69, 9.17) is 9.47 Å². The van der Waals surface area contributed by atoms with Gasteiger partial charge in [-0.3, -0.25) is 4.90 Å². The molecule has 3 unspecified atom stereocenters. The summed E-state index contributed by atoms with van der Waals surface area (Å²) in [4.78, 5) is 4.87. The van der Waals surface area contributed by atoms with Gasteiger partial charge in [0.05, 0.1) is 24.9 Å². The number of likely N-dealkylation sites (N-methyl/N-ethyl adjacent to an activating group) is 1. The van der Waals surface area contributed by atoms with E-state index in [2.05, 4.69) is 30.7 Å². The van der Waals surface area contributed by atoms with E-state index in [0.29, 0.717) is 18.3 Å². The highest BCUT2D eigenvalue weighted by Gasteiger charge is 2.27. The van der Waals surface area contributed by atoms with Crippen molar-refractivity contribution >= 4 is 0 Å². The van der Waals surface area contributed by atoms with Crippen molar-refractivity contribution in [2.24, 2.45) is 0 Å². The number of hydrogen-bond acceptors (Lipinski definition) is 4. The molecule has 4 heteroatoms. The summed E-state index contributed by atoms with van der Waals surface area (Å²) >= 11 is 0. The summed E-state index contributed by atoms with van der Waals surface area (Å²) in [5, 5.41) is 0. The number of ether oxygens (including phenoxy) is 2. The third-order valence-electron chi connectivity index (χ3n) is 3.66. The second-order valence-electron chi connectivity index (χ2n) is 5.45. The highest BCUT2D eigenvalue weighted by atomic mass is 16.5. The Balaban J connectivity index is 1.80. The molecule has 2 heterocycles. The molecule has 2 aliphatic heterocycles. The molecular formula is C13H26N2O2. The molecule has 2 aliphatic rings. The average Bonchev–Trinajstić information content (AvgIpc) is 2.28. The molecule has 0 saturated carbocycles. The minimum atomic E-state index is 0.365. The summed E-state index contributed by atoms with van der Waals surface area (Å²) in [5.74, 6) is 0. The number of nitrogens with zero attached hydrogens (tertiary/aromatic N) is 2. The van der Waals surface area contributed by atoms with E-state index < -0.39 is 0 Å². The van der Waals surface area contributed by atoms with Gasteiger partial charge in [-0.05, 0) is 20.4 Å². The molecule has 3 atom stereocenters. The Morgan fingerprint density at radius 3 is 2.65 bits per heavy atom. The largest absolute Gasteiger partial charge is 0.376 e. The summed E-state index contributed by atoms with van der Waals surface area (Å²) in [5.41, 5.74) is 0. The third-order valence-corrected chi connectivity index (χ3v) is 3.66.